The van der Waals surface area contributed by atoms with Gasteiger partial charge >= 0.3 is 0 Å². The number of nitrogens with one attached hydrogen (secondary N) is 3. The maximum atomic E-state index is 15.5. The van der Waals surface area contributed by atoms with Crippen LogP contribution in [0.4, 0.5) is 4.39 Å². The lowest BCUT2D eigenvalue weighted by atomic mass is 10.0. The van der Waals surface area contributed by atoms with Crippen molar-refractivity contribution >= 4 is 23.2 Å². The summed E-state index contributed by atoms with van der Waals surface area (Å²) in [5, 5.41) is 19.4. The number of benzene rings is 2. The molecule has 234 valence electrons. The molecule has 0 unspecified atom stereocenters. The number of hydrogen-bond donors (Lipinski definition) is 3. The van der Waals surface area contributed by atoms with Gasteiger partial charge in [-0.25, -0.2) is 4.39 Å². The van der Waals surface area contributed by atoms with Crippen LogP contribution in [0.15, 0.2) is 48.6 Å². The summed E-state index contributed by atoms with van der Waals surface area (Å²) in [4.78, 5) is 29.9. The molecule has 1 saturated carbocycles. The summed E-state index contributed by atoms with van der Waals surface area (Å²) in [6.45, 7) is 6.54. The van der Waals surface area contributed by atoms with Crippen LogP contribution < -0.4 is 10.1 Å². The number of likely N-dealkylation sites (tertiary alicyclic amines) is 2. The quantitative estimate of drug-likeness (QED) is 0.256. The van der Waals surface area contributed by atoms with Crippen LogP contribution in [0.2, 0.25) is 0 Å². The molecule has 9 heteroatoms. The lowest BCUT2D eigenvalue weighted by molar-refractivity contribution is -0.128. The number of piperidine rings is 1. The van der Waals surface area contributed by atoms with Gasteiger partial charge in [0.1, 0.15) is 17.3 Å². The first kappa shape index (κ1) is 31.6. The average Bonchev–Trinajstić information content (AvgIpc) is 3.70. The van der Waals surface area contributed by atoms with Gasteiger partial charge in [-0.15, -0.1) is 0 Å². The van der Waals surface area contributed by atoms with Gasteiger partial charge in [-0.05, 0) is 92.1 Å². The first-order valence-corrected chi connectivity index (χ1v) is 16.0. The zero-order valence-corrected chi connectivity index (χ0v) is 25.8. The number of rotatable bonds is 11. The Hall–Kier alpha value is -3.85. The van der Waals surface area contributed by atoms with Crippen molar-refractivity contribution in [3.05, 3.63) is 71.1 Å². The molecular formula is C35H44FN5O3. The number of carbonyl (C=O) groups excluding carboxylic acids is 2. The number of allylic oxidation sites excluding steroid dienone is 2. The molecule has 0 spiro atoms. The van der Waals surface area contributed by atoms with Crippen LogP contribution in [0.25, 0.3) is 0 Å². The normalized spacial score (nSPS) is 18.5. The summed E-state index contributed by atoms with van der Waals surface area (Å²) < 4.78 is 21.7. The highest BCUT2D eigenvalue weighted by atomic mass is 19.1. The molecule has 3 fully saturated rings. The van der Waals surface area contributed by atoms with Crippen molar-refractivity contribution in [2.75, 3.05) is 19.6 Å². The fraction of sp³-hybridized carbons (Fsp3) is 0.486. The Morgan fingerprint density at radius 2 is 1.73 bits per heavy atom. The maximum Gasteiger partial charge on any atom is 0.254 e. The van der Waals surface area contributed by atoms with E-state index in [9.17, 15) is 9.59 Å². The van der Waals surface area contributed by atoms with E-state index in [4.69, 9.17) is 15.6 Å². The van der Waals surface area contributed by atoms with E-state index in [1.807, 2.05) is 13.8 Å². The van der Waals surface area contributed by atoms with Crippen LogP contribution in [0, 0.1) is 22.6 Å². The summed E-state index contributed by atoms with van der Waals surface area (Å²) >= 11 is 0. The lowest BCUT2D eigenvalue weighted by Crippen LogP contribution is -2.47. The molecule has 1 aliphatic carbocycles. The molecule has 0 radical (unpaired) electrons. The number of halogens is 1. The summed E-state index contributed by atoms with van der Waals surface area (Å²) in [6.07, 6.45) is 11.3. The molecule has 0 bridgehead atoms. The Balaban J connectivity index is 1.31. The summed E-state index contributed by atoms with van der Waals surface area (Å²) in [5.41, 5.74) is 1.79. The highest BCUT2D eigenvalue weighted by Crippen LogP contribution is 2.31. The van der Waals surface area contributed by atoms with Gasteiger partial charge in [-0.1, -0.05) is 26.7 Å². The van der Waals surface area contributed by atoms with Crippen molar-refractivity contribution in [2.45, 2.75) is 83.8 Å². The van der Waals surface area contributed by atoms with Crippen LogP contribution in [-0.2, 0) is 11.3 Å². The second kappa shape index (κ2) is 14.3. The summed E-state index contributed by atoms with van der Waals surface area (Å²) in [5.74, 6) is -0.215. The highest BCUT2D eigenvalue weighted by Gasteiger charge is 2.29. The van der Waals surface area contributed by atoms with Gasteiger partial charge in [0.15, 0.2) is 0 Å². The number of nitrogens with zero attached hydrogens (tertiary/aromatic N) is 2. The second-order valence-corrected chi connectivity index (χ2v) is 12.6. The Morgan fingerprint density at radius 3 is 2.36 bits per heavy atom. The van der Waals surface area contributed by atoms with Crippen LogP contribution in [-0.4, -0.2) is 64.8 Å². The van der Waals surface area contributed by atoms with Crippen molar-refractivity contribution < 1.29 is 18.7 Å². The maximum absolute atomic E-state index is 15.5. The first-order chi connectivity index (χ1) is 21.2. The Morgan fingerprint density at radius 1 is 1.02 bits per heavy atom. The van der Waals surface area contributed by atoms with Gasteiger partial charge in [0.05, 0.1) is 11.3 Å². The van der Waals surface area contributed by atoms with E-state index in [0.717, 1.165) is 32.4 Å². The van der Waals surface area contributed by atoms with Crippen molar-refractivity contribution in [1.29, 1.82) is 10.8 Å². The molecule has 2 aromatic carbocycles. The molecule has 3 N–H and O–H groups in total. The van der Waals surface area contributed by atoms with E-state index in [1.54, 1.807) is 41.3 Å². The molecule has 2 aromatic rings. The second-order valence-electron chi connectivity index (χ2n) is 12.6. The molecule has 2 aliphatic heterocycles. The zero-order chi connectivity index (χ0) is 31.2. The van der Waals surface area contributed by atoms with E-state index >= 15 is 4.39 Å². The van der Waals surface area contributed by atoms with Crippen molar-refractivity contribution in [2.24, 2.45) is 5.92 Å². The zero-order valence-electron chi connectivity index (χ0n) is 25.8. The van der Waals surface area contributed by atoms with Gasteiger partial charge < -0.3 is 30.7 Å². The molecule has 8 nitrogen and oxygen atoms in total. The number of carbonyl (C=O) groups is 2. The lowest BCUT2D eigenvalue weighted by Gasteiger charge is -2.36. The van der Waals surface area contributed by atoms with E-state index < -0.39 is 11.7 Å². The van der Waals surface area contributed by atoms with Gasteiger partial charge in [-0.3, -0.25) is 9.59 Å². The van der Waals surface area contributed by atoms with E-state index in [0.29, 0.717) is 47.3 Å². The van der Waals surface area contributed by atoms with Crippen LogP contribution in [0.5, 0.6) is 11.5 Å². The smallest absolute Gasteiger partial charge is 0.254 e. The molecule has 2 saturated heterocycles. The minimum Gasteiger partial charge on any atom is -0.457 e. The largest absolute Gasteiger partial charge is 0.457 e. The molecule has 3 aliphatic rings. The number of ether oxygens (including phenoxy) is 1. The predicted molar refractivity (Wildman–Crippen MR) is 170 cm³/mol. The molecule has 2 amide bonds. The molecule has 44 heavy (non-hydrogen) atoms. The van der Waals surface area contributed by atoms with Crippen LogP contribution in [0.1, 0.15) is 86.7 Å². The van der Waals surface area contributed by atoms with E-state index in [1.165, 1.54) is 37.8 Å². The van der Waals surface area contributed by atoms with E-state index in [-0.39, 0.29) is 35.7 Å². The number of hydrogen-bond acceptors (Lipinski definition) is 6. The highest BCUT2D eigenvalue weighted by molar-refractivity contribution is 6.10. The fourth-order valence-corrected chi connectivity index (χ4v) is 6.30. The van der Waals surface area contributed by atoms with Gasteiger partial charge in [0.2, 0.25) is 5.91 Å². The standard InChI is InChI=1S/C35H44FN5O3/c1-23(2)31(37)13-14-32(38)24-9-11-28(12-10-24)44-33-21-29(30(36)20-25(33)22-41-17-5-8-34(41)42)35(43)39-26-15-18-40(19-16-26)27-6-3-4-7-27/h9-14,20-21,23,26-27,37-38H,3-8,15-19,22H2,1-2H3,(H,39,43)/b14-13-,37-31?,38-32?. The third kappa shape index (κ3) is 7.80. The van der Waals surface area contributed by atoms with Gasteiger partial charge in [0.25, 0.3) is 5.91 Å². The van der Waals surface area contributed by atoms with Crippen molar-refractivity contribution in [1.82, 2.24) is 15.1 Å². The predicted octanol–water partition coefficient (Wildman–Crippen LogP) is 6.48. The van der Waals surface area contributed by atoms with Crippen molar-refractivity contribution in [3.8, 4) is 11.5 Å². The van der Waals surface area contributed by atoms with Gasteiger partial charge in [-0.2, -0.15) is 0 Å². The molecule has 0 aromatic heterocycles. The average molecular weight is 602 g/mol. The van der Waals surface area contributed by atoms with Gasteiger partial charge in [0, 0.05) is 56.0 Å². The minimum absolute atomic E-state index is 0.00741. The first-order valence-electron chi connectivity index (χ1n) is 16.0. The summed E-state index contributed by atoms with van der Waals surface area (Å²) in [6, 6.07) is 10.4. The monoisotopic (exact) mass is 601 g/mol. The number of amides is 2. The molecular weight excluding hydrogens is 557 g/mol. The summed E-state index contributed by atoms with van der Waals surface area (Å²) in [7, 11) is 0. The fourth-order valence-electron chi connectivity index (χ4n) is 6.30. The molecule has 2 heterocycles. The topological polar surface area (TPSA) is 110 Å². The third-order valence-corrected chi connectivity index (χ3v) is 9.08. The molecule has 0 atom stereocenters. The Kier molecular flexibility index (Phi) is 10.3. The van der Waals surface area contributed by atoms with Crippen molar-refractivity contribution in [3.63, 3.8) is 0 Å². The van der Waals surface area contributed by atoms with E-state index in [2.05, 4.69) is 10.2 Å². The van der Waals surface area contributed by atoms with Crippen LogP contribution >= 0.6 is 0 Å². The van der Waals surface area contributed by atoms with Crippen LogP contribution in [0.3, 0.4) is 0 Å². The Bertz CT molecular complexity index is 1410. The third-order valence-electron chi connectivity index (χ3n) is 9.08. The molecule has 5 rings (SSSR count). The SMILES string of the molecule is CC(C)C(=N)/C=C\C(=N)c1ccc(Oc2cc(C(=O)NC3CCN(C4CCCC4)CC3)c(F)cc2CN2CCCC2=O)cc1. The minimum atomic E-state index is -0.637. The Labute approximate surface area is 259 Å².